The molecule has 3 aromatic rings. The summed E-state index contributed by atoms with van der Waals surface area (Å²) < 4.78 is 7.74. The Morgan fingerprint density at radius 1 is 1.29 bits per heavy atom. The normalized spacial score (nSPS) is 15.8. The molecule has 0 radical (unpaired) electrons. The van der Waals surface area contributed by atoms with Crippen LogP contribution >= 0.6 is 11.6 Å². The second kappa shape index (κ2) is 8.04. The van der Waals surface area contributed by atoms with E-state index in [2.05, 4.69) is 22.5 Å². The molecule has 0 aliphatic carbocycles. The number of halogens is 1. The van der Waals surface area contributed by atoms with Crippen molar-refractivity contribution in [3.8, 4) is 5.75 Å². The number of nitrogens with one attached hydrogen (secondary N) is 1. The maximum absolute atomic E-state index is 12.4. The first kappa shape index (κ1) is 18.5. The van der Waals surface area contributed by atoms with Gasteiger partial charge in [-0.3, -0.25) is 9.48 Å². The van der Waals surface area contributed by atoms with Gasteiger partial charge in [-0.05, 0) is 35.7 Å². The molecule has 1 aliphatic heterocycles. The van der Waals surface area contributed by atoms with E-state index in [1.54, 1.807) is 6.07 Å². The number of phenolic OH excluding ortho intramolecular Hbond substituents is 1. The monoisotopic (exact) mass is 397 g/mol. The lowest BCUT2D eigenvalue weighted by molar-refractivity contribution is 0.0383. The molecule has 2 aromatic carbocycles. The van der Waals surface area contributed by atoms with E-state index >= 15 is 0 Å². The van der Waals surface area contributed by atoms with E-state index in [-0.39, 0.29) is 29.9 Å². The molecule has 28 heavy (non-hydrogen) atoms. The number of carbonyl (C=O) groups is 1. The number of fused-ring (bicyclic) bond motifs is 1. The van der Waals surface area contributed by atoms with Crippen LogP contribution in [0.3, 0.4) is 0 Å². The van der Waals surface area contributed by atoms with Crippen LogP contribution in [0, 0.1) is 0 Å². The van der Waals surface area contributed by atoms with E-state index in [4.69, 9.17) is 16.3 Å². The molecule has 144 valence electrons. The van der Waals surface area contributed by atoms with Crippen LogP contribution in [0.4, 0.5) is 0 Å². The number of aromatic nitrogens is 2. The SMILES string of the molecule is O=C(NC[C@H]1OCCc2cn(Cc3ccccc3)nc21)c1ccc(Cl)cc1O. The molecule has 0 saturated carbocycles. The van der Waals surface area contributed by atoms with E-state index in [9.17, 15) is 9.90 Å². The van der Waals surface area contributed by atoms with E-state index in [1.165, 1.54) is 17.7 Å². The summed E-state index contributed by atoms with van der Waals surface area (Å²) in [5.41, 5.74) is 3.33. The second-order valence-electron chi connectivity index (χ2n) is 6.70. The minimum absolute atomic E-state index is 0.151. The van der Waals surface area contributed by atoms with Gasteiger partial charge in [-0.15, -0.1) is 0 Å². The molecule has 0 saturated heterocycles. The van der Waals surface area contributed by atoms with Crippen molar-refractivity contribution in [1.29, 1.82) is 0 Å². The van der Waals surface area contributed by atoms with Gasteiger partial charge in [-0.2, -0.15) is 5.10 Å². The minimum atomic E-state index is -0.381. The maximum Gasteiger partial charge on any atom is 0.255 e. The number of amides is 1. The average Bonchev–Trinajstić information content (AvgIpc) is 3.10. The van der Waals surface area contributed by atoms with E-state index < -0.39 is 0 Å². The van der Waals surface area contributed by atoms with Gasteiger partial charge in [0.25, 0.3) is 5.91 Å². The number of rotatable bonds is 5. The van der Waals surface area contributed by atoms with E-state index in [1.807, 2.05) is 29.1 Å². The lowest BCUT2D eigenvalue weighted by Gasteiger charge is -2.22. The number of phenols is 1. The van der Waals surface area contributed by atoms with Crippen molar-refractivity contribution in [3.63, 3.8) is 0 Å². The first-order chi connectivity index (χ1) is 13.6. The van der Waals surface area contributed by atoms with Crippen LogP contribution in [0.1, 0.15) is 33.3 Å². The van der Waals surface area contributed by atoms with Crippen LogP contribution in [0.15, 0.2) is 54.7 Å². The molecule has 1 aliphatic rings. The molecule has 1 amide bonds. The van der Waals surface area contributed by atoms with Gasteiger partial charge in [-0.25, -0.2) is 0 Å². The summed E-state index contributed by atoms with van der Waals surface area (Å²) in [6, 6.07) is 14.5. The molecule has 1 atom stereocenters. The average molecular weight is 398 g/mol. The number of hydrogen-bond acceptors (Lipinski definition) is 4. The smallest absolute Gasteiger partial charge is 0.255 e. The predicted octanol–water partition coefficient (Wildman–Crippen LogP) is 3.33. The number of carbonyl (C=O) groups excluding carboxylic acids is 1. The Morgan fingerprint density at radius 3 is 2.89 bits per heavy atom. The van der Waals surface area contributed by atoms with Gasteiger partial charge >= 0.3 is 0 Å². The first-order valence-corrected chi connectivity index (χ1v) is 9.46. The Labute approximate surface area is 167 Å². The minimum Gasteiger partial charge on any atom is -0.507 e. The van der Waals surface area contributed by atoms with Crippen LogP contribution in [0.2, 0.25) is 5.02 Å². The molecule has 0 fully saturated rings. The number of aromatic hydroxyl groups is 1. The summed E-state index contributed by atoms with van der Waals surface area (Å²) in [6.45, 7) is 1.54. The molecule has 0 unspecified atom stereocenters. The Kier molecular flexibility index (Phi) is 5.32. The standard InChI is InChI=1S/C21H20ClN3O3/c22-16-6-7-17(18(26)10-16)21(27)23-11-19-20-15(8-9-28-19)13-25(24-20)12-14-4-2-1-3-5-14/h1-7,10,13,19,26H,8-9,11-12H2,(H,23,27)/t19-/m1/s1. The van der Waals surface area contributed by atoms with Crippen LogP contribution in [0.5, 0.6) is 5.75 Å². The third-order valence-corrected chi connectivity index (χ3v) is 4.94. The van der Waals surface area contributed by atoms with Gasteiger partial charge in [0.05, 0.1) is 24.4 Å². The van der Waals surface area contributed by atoms with Crippen molar-refractivity contribution < 1.29 is 14.6 Å². The lowest BCUT2D eigenvalue weighted by atomic mass is 10.1. The molecular weight excluding hydrogens is 378 g/mol. The molecule has 2 N–H and O–H groups in total. The van der Waals surface area contributed by atoms with Crippen LogP contribution < -0.4 is 5.32 Å². The zero-order chi connectivity index (χ0) is 19.5. The maximum atomic E-state index is 12.4. The molecule has 1 aromatic heterocycles. The molecule has 7 heteroatoms. The fourth-order valence-electron chi connectivity index (χ4n) is 3.32. The topological polar surface area (TPSA) is 76.4 Å². The van der Waals surface area contributed by atoms with Gasteiger partial charge in [0.1, 0.15) is 11.9 Å². The van der Waals surface area contributed by atoms with Gasteiger partial charge in [0.15, 0.2) is 0 Å². The van der Waals surface area contributed by atoms with Gasteiger partial charge in [0.2, 0.25) is 0 Å². The Balaban J connectivity index is 1.45. The van der Waals surface area contributed by atoms with Crippen LogP contribution in [-0.4, -0.2) is 33.9 Å². The molecule has 4 rings (SSSR count). The summed E-state index contributed by atoms with van der Waals surface area (Å²) in [6.07, 6.45) is 2.52. The van der Waals surface area contributed by atoms with Crippen LogP contribution in [0.25, 0.3) is 0 Å². The Morgan fingerprint density at radius 2 is 2.11 bits per heavy atom. The van der Waals surface area contributed by atoms with Gasteiger partial charge < -0.3 is 15.2 Å². The summed E-state index contributed by atoms with van der Waals surface area (Å²) in [7, 11) is 0. The number of ether oxygens (including phenoxy) is 1. The van der Waals surface area contributed by atoms with Gasteiger partial charge in [0, 0.05) is 17.8 Å². The zero-order valence-electron chi connectivity index (χ0n) is 15.1. The van der Waals surface area contributed by atoms with Crippen molar-refractivity contribution in [1.82, 2.24) is 15.1 Å². The largest absolute Gasteiger partial charge is 0.507 e. The highest BCUT2D eigenvalue weighted by molar-refractivity contribution is 6.30. The Hall–Kier alpha value is -2.83. The first-order valence-electron chi connectivity index (χ1n) is 9.08. The fraction of sp³-hybridized carbons (Fsp3) is 0.238. The molecule has 0 spiro atoms. The quantitative estimate of drug-likeness (QED) is 0.692. The molecule has 6 nitrogen and oxygen atoms in total. The van der Waals surface area contributed by atoms with E-state index in [0.717, 1.165) is 17.7 Å². The van der Waals surface area contributed by atoms with E-state index in [0.29, 0.717) is 18.2 Å². The summed E-state index contributed by atoms with van der Waals surface area (Å²) in [4.78, 5) is 12.4. The number of nitrogens with zero attached hydrogens (tertiary/aromatic N) is 2. The third-order valence-electron chi connectivity index (χ3n) is 4.71. The third kappa shape index (κ3) is 4.03. The van der Waals surface area contributed by atoms with Crippen molar-refractivity contribution in [3.05, 3.63) is 82.1 Å². The molecule has 0 bridgehead atoms. The van der Waals surface area contributed by atoms with Crippen molar-refractivity contribution in [2.75, 3.05) is 13.2 Å². The summed E-state index contributed by atoms with van der Waals surface area (Å²) in [5.74, 6) is -0.531. The van der Waals surface area contributed by atoms with Crippen molar-refractivity contribution in [2.24, 2.45) is 0 Å². The summed E-state index contributed by atoms with van der Waals surface area (Å²) in [5, 5.41) is 17.8. The van der Waals surface area contributed by atoms with Crippen molar-refractivity contribution >= 4 is 17.5 Å². The highest BCUT2D eigenvalue weighted by Crippen LogP contribution is 2.26. The lowest BCUT2D eigenvalue weighted by Crippen LogP contribution is -2.32. The predicted molar refractivity (Wildman–Crippen MR) is 106 cm³/mol. The fourth-order valence-corrected chi connectivity index (χ4v) is 3.48. The number of hydrogen-bond donors (Lipinski definition) is 2. The number of benzene rings is 2. The summed E-state index contributed by atoms with van der Waals surface area (Å²) >= 11 is 5.81. The van der Waals surface area contributed by atoms with Crippen molar-refractivity contribution in [2.45, 2.75) is 19.1 Å². The molecular formula is C21H20ClN3O3. The highest BCUT2D eigenvalue weighted by Gasteiger charge is 2.25. The van der Waals surface area contributed by atoms with Gasteiger partial charge in [-0.1, -0.05) is 41.9 Å². The zero-order valence-corrected chi connectivity index (χ0v) is 15.9. The Bertz CT molecular complexity index is 988. The molecule has 2 heterocycles. The second-order valence-corrected chi connectivity index (χ2v) is 7.14. The van der Waals surface area contributed by atoms with Crippen LogP contribution in [-0.2, 0) is 17.7 Å². The highest BCUT2D eigenvalue weighted by atomic mass is 35.5.